The summed E-state index contributed by atoms with van der Waals surface area (Å²) in [6.45, 7) is 7.98. The number of nitrogens with zero attached hydrogens (tertiary/aromatic N) is 1. The number of nitrogens with one attached hydrogen (secondary N) is 2. The fourth-order valence-corrected chi connectivity index (χ4v) is 2.66. The van der Waals surface area contributed by atoms with Gasteiger partial charge in [-0.1, -0.05) is 0 Å². The largest absolute Gasteiger partial charge is 0.378 e. The summed E-state index contributed by atoms with van der Waals surface area (Å²) in [4.78, 5) is 3.99. The Morgan fingerprint density at radius 1 is 1.54 bits per heavy atom. The van der Waals surface area contributed by atoms with Crippen LogP contribution in [0, 0.1) is 0 Å². The normalized spacial score (nSPS) is 29.9. The maximum absolute atomic E-state index is 3.36. The zero-order valence-corrected chi connectivity index (χ0v) is 8.86. The van der Waals surface area contributed by atoms with Gasteiger partial charge in [0.05, 0.1) is 5.37 Å². The van der Waals surface area contributed by atoms with Gasteiger partial charge in [-0.2, -0.15) is 0 Å². The molecule has 0 aliphatic carbocycles. The monoisotopic (exact) mass is 199 g/mol. The van der Waals surface area contributed by atoms with Crippen LogP contribution in [-0.4, -0.2) is 43.0 Å². The second-order valence-electron chi connectivity index (χ2n) is 3.56. The number of thioether (sulfide) groups is 1. The molecule has 0 radical (unpaired) electrons. The van der Waals surface area contributed by atoms with E-state index in [9.17, 15) is 0 Å². The van der Waals surface area contributed by atoms with Crippen molar-refractivity contribution in [2.75, 3.05) is 32.7 Å². The Kier molecular flexibility index (Phi) is 3.14. The molecule has 2 N–H and O–H groups in total. The number of piperazine rings is 1. The highest BCUT2D eigenvalue weighted by molar-refractivity contribution is 8.03. The number of hydrogen-bond acceptors (Lipinski definition) is 4. The Labute approximate surface area is 83.9 Å². The number of hydrogen-bond donors (Lipinski definition) is 2. The Balaban J connectivity index is 1.77. The van der Waals surface area contributed by atoms with Crippen molar-refractivity contribution in [3.63, 3.8) is 0 Å². The molecule has 3 nitrogen and oxygen atoms in total. The van der Waals surface area contributed by atoms with Crippen molar-refractivity contribution >= 4 is 11.8 Å². The summed E-state index contributed by atoms with van der Waals surface area (Å²) in [6, 6.07) is 0. The fraction of sp³-hybridized carbons (Fsp3) is 0.778. The molecule has 1 atom stereocenters. The van der Waals surface area contributed by atoms with E-state index in [4.69, 9.17) is 0 Å². The molecule has 0 bridgehead atoms. The third-order valence-corrected chi connectivity index (χ3v) is 3.44. The zero-order valence-electron chi connectivity index (χ0n) is 8.05. The molecule has 1 fully saturated rings. The van der Waals surface area contributed by atoms with E-state index in [1.807, 2.05) is 11.8 Å². The zero-order chi connectivity index (χ0) is 9.10. The summed E-state index contributed by atoms with van der Waals surface area (Å²) in [7, 11) is 0. The second kappa shape index (κ2) is 4.35. The Morgan fingerprint density at radius 3 is 2.92 bits per heavy atom. The molecular weight excluding hydrogens is 182 g/mol. The van der Waals surface area contributed by atoms with Gasteiger partial charge in [-0.25, -0.2) is 0 Å². The van der Waals surface area contributed by atoms with Crippen molar-refractivity contribution in [2.45, 2.75) is 12.3 Å². The van der Waals surface area contributed by atoms with Crippen LogP contribution >= 0.6 is 11.8 Å². The van der Waals surface area contributed by atoms with Crippen molar-refractivity contribution in [3.05, 3.63) is 11.1 Å². The molecule has 1 saturated heterocycles. The molecule has 2 aliphatic heterocycles. The van der Waals surface area contributed by atoms with Crippen molar-refractivity contribution in [1.82, 2.24) is 15.5 Å². The average molecular weight is 199 g/mol. The van der Waals surface area contributed by atoms with E-state index >= 15 is 0 Å². The molecule has 0 amide bonds. The van der Waals surface area contributed by atoms with Gasteiger partial charge in [-0.15, -0.1) is 11.8 Å². The molecule has 2 heterocycles. The van der Waals surface area contributed by atoms with Gasteiger partial charge in [0.25, 0.3) is 0 Å². The molecule has 0 aromatic rings. The van der Waals surface area contributed by atoms with E-state index in [1.54, 1.807) is 0 Å². The molecule has 2 rings (SSSR count). The molecule has 1 unspecified atom stereocenters. The van der Waals surface area contributed by atoms with Crippen molar-refractivity contribution in [2.24, 2.45) is 0 Å². The van der Waals surface area contributed by atoms with Gasteiger partial charge in [-0.05, 0) is 6.92 Å². The van der Waals surface area contributed by atoms with Crippen LogP contribution in [0.1, 0.15) is 6.92 Å². The van der Waals surface area contributed by atoms with Gasteiger partial charge in [0.2, 0.25) is 0 Å². The molecule has 0 aromatic carbocycles. The molecular formula is C9H17N3S. The summed E-state index contributed by atoms with van der Waals surface area (Å²) in [5, 5.41) is 7.25. The highest BCUT2D eigenvalue weighted by Gasteiger charge is 2.16. The highest BCUT2D eigenvalue weighted by atomic mass is 32.2. The van der Waals surface area contributed by atoms with E-state index in [-0.39, 0.29) is 0 Å². The van der Waals surface area contributed by atoms with Crippen LogP contribution in [0.15, 0.2) is 11.1 Å². The molecule has 13 heavy (non-hydrogen) atoms. The van der Waals surface area contributed by atoms with E-state index < -0.39 is 0 Å². The Hall–Kier alpha value is -0.190. The topological polar surface area (TPSA) is 27.3 Å². The minimum absolute atomic E-state index is 0.568. The van der Waals surface area contributed by atoms with Crippen molar-refractivity contribution < 1.29 is 0 Å². The van der Waals surface area contributed by atoms with E-state index in [0.717, 1.165) is 19.6 Å². The van der Waals surface area contributed by atoms with Gasteiger partial charge in [0, 0.05) is 43.8 Å². The highest BCUT2D eigenvalue weighted by Crippen LogP contribution is 2.25. The first kappa shape index (κ1) is 9.37. The van der Waals surface area contributed by atoms with Gasteiger partial charge in [0.15, 0.2) is 0 Å². The van der Waals surface area contributed by atoms with Crippen molar-refractivity contribution in [3.8, 4) is 0 Å². The Bertz CT molecular complexity index is 199. The standard InChI is InChI=1S/C9H17N3S/c1-8-11-6-9(13-8)7-12-4-2-10-3-5-12/h6,8,10-11H,2-5,7H2,1H3. The molecule has 2 aliphatic rings. The first-order valence-electron chi connectivity index (χ1n) is 4.89. The molecule has 74 valence electrons. The minimum atomic E-state index is 0.568. The lowest BCUT2D eigenvalue weighted by atomic mass is 10.3. The summed E-state index contributed by atoms with van der Waals surface area (Å²) in [6.07, 6.45) is 2.16. The predicted molar refractivity (Wildman–Crippen MR) is 57.6 cm³/mol. The lowest BCUT2D eigenvalue weighted by Gasteiger charge is -2.27. The molecule has 4 heteroatoms. The summed E-state index contributed by atoms with van der Waals surface area (Å²) < 4.78 is 0. The van der Waals surface area contributed by atoms with Crippen LogP contribution in [0.2, 0.25) is 0 Å². The summed E-state index contributed by atoms with van der Waals surface area (Å²) in [5.74, 6) is 0. The van der Waals surface area contributed by atoms with Crippen molar-refractivity contribution in [1.29, 1.82) is 0 Å². The van der Waals surface area contributed by atoms with Gasteiger partial charge in [-0.3, -0.25) is 4.90 Å². The van der Waals surface area contributed by atoms with Gasteiger partial charge >= 0.3 is 0 Å². The molecule has 0 aromatic heterocycles. The lowest BCUT2D eigenvalue weighted by Crippen LogP contribution is -2.43. The van der Waals surface area contributed by atoms with Gasteiger partial charge in [0.1, 0.15) is 0 Å². The van der Waals surface area contributed by atoms with Crippen LogP contribution in [0.3, 0.4) is 0 Å². The Morgan fingerprint density at radius 2 is 2.31 bits per heavy atom. The molecule has 0 spiro atoms. The van der Waals surface area contributed by atoms with Crippen LogP contribution in [-0.2, 0) is 0 Å². The number of rotatable bonds is 2. The van der Waals surface area contributed by atoms with E-state index in [1.165, 1.54) is 18.0 Å². The van der Waals surface area contributed by atoms with Crippen LogP contribution < -0.4 is 10.6 Å². The lowest BCUT2D eigenvalue weighted by molar-refractivity contribution is 0.263. The first-order valence-corrected chi connectivity index (χ1v) is 5.77. The third kappa shape index (κ3) is 2.62. The average Bonchev–Trinajstić information content (AvgIpc) is 2.53. The maximum Gasteiger partial charge on any atom is 0.0733 e. The first-order chi connectivity index (χ1) is 6.34. The second-order valence-corrected chi connectivity index (χ2v) is 5.03. The quantitative estimate of drug-likeness (QED) is 0.674. The SMILES string of the molecule is CC1NC=C(CN2CCNCC2)S1. The molecule has 0 saturated carbocycles. The minimum Gasteiger partial charge on any atom is -0.378 e. The summed E-state index contributed by atoms with van der Waals surface area (Å²) >= 11 is 1.95. The smallest absolute Gasteiger partial charge is 0.0733 e. The third-order valence-electron chi connectivity index (χ3n) is 2.40. The van der Waals surface area contributed by atoms with E-state index in [2.05, 4.69) is 28.7 Å². The van der Waals surface area contributed by atoms with Crippen LogP contribution in [0.5, 0.6) is 0 Å². The van der Waals surface area contributed by atoms with Gasteiger partial charge < -0.3 is 10.6 Å². The predicted octanol–water partition coefficient (Wildman–Crippen LogP) is 0.415. The van der Waals surface area contributed by atoms with Crippen LogP contribution in [0.25, 0.3) is 0 Å². The fourth-order valence-electron chi connectivity index (χ4n) is 1.68. The van der Waals surface area contributed by atoms with Crippen LogP contribution in [0.4, 0.5) is 0 Å². The van der Waals surface area contributed by atoms with E-state index in [0.29, 0.717) is 5.37 Å². The maximum atomic E-state index is 3.36. The summed E-state index contributed by atoms with van der Waals surface area (Å²) in [5.41, 5.74) is 0.